The van der Waals surface area contributed by atoms with E-state index in [0.29, 0.717) is 25.3 Å². The van der Waals surface area contributed by atoms with Gasteiger partial charge in [-0.05, 0) is 37.6 Å². The Morgan fingerprint density at radius 1 is 1.37 bits per heavy atom. The summed E-state index contributed by atoms with van der Waals surface area (Å²) in [6.45, 7) is 4.16. The van der Waals surface area contributed by atoms with E-state index in [1.54, 1.807) is 24.3 Å². The van der Waals surface area contributed by atoms with Crippen molar-refractivity contribution in [1.29, 1.82) is 5.26 Å². The molecule has 1 amide bonds. The van der Waals surface area contributed by atoms with E-state index in [4.69, 9.17) is 10.00 Å². The van der Waals surface area contributed by atoms with Crippen molar-refractivity contribution in [3.8, 4) is 6.07 Å². The summed E-state index contributed by atoms with van der Waals surface area (Å²) in [5.74, 6) is -0.0548. The fraction of sp³-hybridized carbons (Fsp3) is 0.429. The molecule has 0 aromatic heterocycles. The molecule has 0 atom stereocenters. The van der Waals surface area contributed by atoms with Crippen molar-refractivity contribution in [2.24, 2.45) is 0 Å². The summed E-state index contributed by atoms with van der Waals surface area (Å²) in [6.07, 6.45) is 0.816. The Morgan fingerprint density at radius 3 is 2.74 bits per heavy atom. The van der Waals surface area contributed by atoms with Crippen LogP contribution >= 0.6 is 0 Å². The first-order valence-electron chi connectivity index (χ1n) is 6.34. The lowest BCUT2D eigenvalue weighted by atomic mass is 10.2. The second kappa shape index (κ2) is 8.95. The summed E-state index contributed by atoms with van der Waals surface area (Å²) in [6, 6.07) is 9.02. The summed E-state index contributed by atoms with van der Waals surface area (Å²) in [5.41, 5.74) is 1.43. The number of carbonyl (C=O) groups excluding carboxylic acids is 1. The minimum absolute atomic E-state index is 0.0548. The average Bonchev–Trinajstić information content (AvgIpc) is 2.45. The number of ether oxygens (including phenoxy) is 1. The standard InChI is InChI=1S/C14H19N3O2/c1-2-19-9-3-8-16-14(18)11-17-13-6-4-12(10-15)5-7-13/h4-7,17H,2-3,8-9,11H2,1H3,(H,16,18). The Morgan fingerprint density at radius 2 is 2.11 bits per heavy atom. The van der Waals surface area contributed by atoms with Gasteiger partial charge in [-0.2, -0.15) is 5.26 Å². The van der Waals surface area contributed by atoms with Crippen LogP contribution in [0, 0.1) is 11.3 Å². The molecule has 0 fully saturated rings. The van der Waals surface area contributed by atoms with E-state index in [2.05, 4.69) is 10.6 Å². The van der Waals surface area contributed by atoms with Crippen LogP contribution in [-0.4, -0.2) is 32.2 Å². The Labute approximate surface area is 113 Å². The zero-order valence-corrected chi connectivity index (χ0v) is 11.1. The quantitative estimate of drug-likeness (QED) is 0.696. The highest BCUT2D eigenvalue weighted by Crippen LogP contribution is 2.07. The molecule has 0 saturated heterocycles. The summed E-state index contributed by atoms with van der Waals surface area (Å²) >= 11 is 0. The van der Waals surface area contributed by atoms with Crippen molar-refractivity contribution < 1.29 is 9.53 Å². The predicted molar refractivity (Wildman–Crippen MR) is 73.8 cm³/mol. The van der Waals surface area contributed by atoms with Crippen LogP contribution in [0.25, 0.3) is 0 Å². The van der Waals surface area contributed by atoms with E-state index in [9.17, 15) is 4.79 Å². The smallest absolute Gasteiger partial charge is 0.239 e. The molecule has 1 aromatic carbocycles. The first-order chi connectivity index (χ1) is 9.26. The van der Waals surface area contributed by atoms with Crippen LogP contribution in [0.5, 0.6) is 0 Å². The Balaban J connectivity index is 2.17. The van der Waals surface area contributed by atoms with Gasteiger partial charge in [0.1, 0.15) is 0 Å². The van der Waals surface area contributed by atoms with Crippen molar-refractivity contribution in [1.82, 2.24) is 5.32 Å². The largest absolute Gasteiger partial charge is 0.382 e. The topological polar surface area (TPSA) is 74.2 Å². The lowest BCUT2D eigenvalue weighted by Crippen LogP contribution is -2.31. The monoisotopic (exact) mass is 261 g/mol. The van der Waals surface area contributed by atoms with Crippen LogP contribution in [-0.2, 0) is 9.53 Å². The maximum Gasteiger partial charge on any atom is 0.239 e. The number of nitrogens with one attached hydrogen (secondary N) is 2. The Bertz CT molecular complexity index is 423. The Kier molecular flexibility index (Phi) is 7.06. The van der Waals surface area contributed by atoms with Crippen molar-refractivity contribution in [3.05, 3.63) is 29.8 Å². The number of amides is 1. The fourth-order valence-electron chi connectivity index (χ4n) is 1.45. The number of carbonyl (C=O) groups is 1. The molecule has 0 aliphatic rings. The van der Waals surface area contributed by atoms with Crippen LogP contribution in [0.4, 0.5) is 5.69 Å². The molecule has 0 heterocycles. The van der Waals surface area contributed by atoms with Gasteiger partial charge in [-0.1, -0.05) is 0 Å². The summed E-state index contributed by atoms with van der Waals surface area (Å²) in [4.78, 5) is 11.5. The summed E-state index contributed by atoms with van der Waals surface area (Å²) < 4.78 is 5.17. The molecule has 19 heavy (non-hydrogen) atoms. The summed E-state index contributed by atoms with van der Waals surface area (Å²) in [7, 11) is 0. The minimum Gasteiger partial charge on any atom is -0.382 e. The normalized spacial score (nSPS) is 9.68. The van der Waals surface area contributed by atoms with Gasteiger partial charge in [-0.15, -0.1) is 0 Å². The van der Waals surface area contributed by atoms with Gasteiger partial charge >= 0.3 is 0 Å². The van der Waals surface area contributed by atoms with Crippen LogP contribution in [0.15, 0.2) is 24.3 Å². The molecule has 1 rings (SSSR count). The molecule has 0 saturated carbocycles. The maximum absolute atomic E-state index is 11.5. The highest BCUT2D eigenvalue weighted by Gasteiger charge is 2.00. The van der Waals surface area contributed by atoms with Crippen LogP contribution in [0.3, 0.4) is 0 Å². The number of rotatable bonds is 8. The molecule has 102 valence electrons. The number of hydrogen-bond acceptors (Lipinski definition) is 4. The molecule has 0 aliphatic heterocycles. The molecule has 2 N–H and O–H groups in total. The number of hydrogen-bond donors (Lipinski definition) is 2. The minimum atomic E-state index is -0.0548. The van der Waals surface area contributed by atoms with Crippen molar-refractivity contribution in [3.63, 3.8) is 0 Å². The molecule has 0 spiro atoms. The average molecular weight is 261 g/mol. The van der Waals surface area contributed by atoms with E-state index in [-0.39, 0.29) is 12.5 Å². The highest BCUT2D eigenvalue weighted by molar-refractivity contribution is 5.80. The first-order valence-corrected chi connectivity index (χ1v) is 6.34. The van der Waals surface area contributed by atoms with Gasteiger partial charge < -0.3 is 15.4 Å². The zero-order valence-electron chi connectivity index (χ0n) is 11.1. The Hall–Kier alpha value is -2.06. The molecule has 5 heteroatoms. The molecule has 0 radical (unpaired) electrons. The molecular formula is C14H19N3O2. The molecule has 1 aromatic rings. The number of anilines is 1. The second-order valence-corrected chi connectivity index (χ2v) is 3.94. The highest BCUT2D eigenvalue weighted by atomic mass is 16.5. The van der Waals surface area contributed by atoms with E-state index < -0.39 is 0 Å². The van der Waals surface area contributed by atoms with E-state index in [1.165, 1.54) is 0 Å². The van der Waals surface area contributed by atoms with Crippen LogP contribution in [0.2, 0.25) is 0 Å². The predicted octanol–water partition coefficient (Wildman–Crippen LogP) is 1.51. The lowest BCUT2D eigenvalue weighted by molar-refractivity contribution is -0.119. The van der Waals surface area contributed by atoms with E-state index >= 15 is 0 Å². The van der Waals surface area contributed by atoms with Gasteiger partial charge in [0.05, 0.1) is 18.2 Å². The number of nitrogens with zero attached hydrogens (tertiary/aromatic N) is 1. The van der Waals surface area contributed by atoms with Crippen molar-refractivity contribution >= 4 is 11.6 Å². The van der Waals surface area contributed by atoms with Crippen molar-refractivity contribution in [2.45, 2.75) is 13.3 Å². The molecule has 5 nitrogen and oxygen atoms in total. The molecule has 0 aliphatic carbocycles. The van der Waals surface area contributed by atoms with E-state index in [0.717, 1.165) is 12.1 Å². The summed E-state index contributed by atoms with van der Waals surface area (Å²) in [5, 5.41) is 14.5. The third-order valence-electron chi connectivity index (χ3n) is 2.46. The second-order valence-electron chi connectivity index (χ2n) is 3.94. The zero-order chi connectivity index (χ0) is 13.9. The van der Waals surface area contributed by atoms with Gasteiger partial charge in [0.15, 0.2) is 0 Å². The number of benzene rings is 1. The maximum atomic E-state index is 11.5. The van der Waals surface area contributed by atoms with E-state index in [1.807, 2.05) is 13.0 Å². The molecule has 0 unspecified atom stereocenters. The van der Waals surface area contributed by atoms with Crippen LogP contribution in [0.1, 0.15) is 18.9 Å². The lowest BCUT2D eigenvalue weighted by Gasteiger charge is -2.07. The molecular weight excluding hydrogens is 242 g/mol. The third-order valence-corrected chi connectivity index (χ3v) is 2.46. The first kappa shape index (κ1) is 15.0. The third kappa shape index (κ3) is 6.43. The van der Waals surface area contributed by atoms with Gasteiger partial charge in [0, 0.05) is 25.4 Å². The fourth-order valence-corrected chi connectivity index (χ4v) is 1.45. The molecule has 0 bridgehead atoms. The number of nitriles is 1. The van der Waals surface area contributed by atoms with Gasteiger partial charge in [0.25, 0.3) is 0 Å². The van der Waals surface area contributed by atoms with Gasteiger partial charge in [-0.25, -0.2) is 0 Å². The van der Waals surface area contributed by atoms with Crippen LogP contribution < -0.4 is 10.6 Å². The van der Waals surface area contributed by atoms with Gasteiger partial charge in [-0.3, -0.25) is 4.79 Å². The van der Waals surface area contributed by atoms with Gasteiger partial charge in [0.2, 0.25) is 5.91 Å². The SMILES string of the molecule is CCOCCCNC(=O)CNc1ccc(C#N)cc1. The van der Waals surface area contributed by atoms with Crippen molar-refractivity contribution in [2.75, 3.05) is 31.6 Å².